The number of hydrogen-bond donors (Lipinski definition) is 2. The van der Waals surface area contributed by atoms with Crippen molar-refractivity contribution >= 4 is 17.3 Å². The number of hydrogen-bond acceptors (Lipinski definition) is 3. The largest absolute Gasteiger partial charge is 0.357 e. The minimum absolute atomic E-state index is 0.875. The summed E-state index contributed by atoms with van der Waals surface area (Å²) < 4.78 is 0. The van der Waals surface area contributed by atoms with E-state index >= 15 is 0 Å². The molecule has 0 fully saturated rings. The second kappa shape index (κ2) is 8.91. The average molecular weight is 268 g/mol. The van der Waals surface area contributed by atoms with E-state index in [1.165, 1.54) is 5.01 Å². The molecule has 1 aromatic heterocycles. The molecule has 0 spiro atoms. The topological polar surface area (TPSA) is 49.3 Å². The van der Waals surface area contributed by atoms with Crippen LogP contribution in [0.2, 0.25) is 0 Å². The summed E-state index contributed by atoms with van der Waals surface area (Å²) in [6.07, 6.45) is 3.34. The Labute approximate surface area is 114 Å². The van der Waals surface area contributed by atoms with E-state index in [9.17, 15) is 0 Å². The van der Waals surface area contributed by atoms with Gasteiger partial charge in [-0.1, -0.05) is 0 Å². The first-order valence-corrected chi connectivity index (χ1v) is 7.57. The van der Waals surface area contributed by atoms with Crippen LogP contribution in [0.5, 0.6) is 0 Å². The van der Waals surface area contributed by atoms with Gasteiger partial charge in [0.05, 0.1) is 5.01 Å². The maximum Gasteiger partial charge on any atom is 0.191 e. The van der Waals surface area contributed by atoms with Crippen molar-refractivity contribution in [3.05, 3.63) is 16.1 Å². The second-order valence-electron chi connectivity index (χ2n) is 4.13. The van der Waals surface area contributed by atoms with Crippen molar-refractivity contribution in [2.75, 3.05) is 19.6 Å². The van der Waals surface area contributed by atoms with Gasteiger partial charge in [0.1, 0.15) is 0 Å². The SMILES string of the molecule is CCNC(=NCCCCc1nc(C)cs1)NCC. The molecule has 1 heterocycles. The van der Waals surface area contributed by atoms with E-state index in [4.69, 9.17) is 0 Å². The lowest BCUT2D eigenvalue weighted by molar-refractivity contribution is 0.731. The number of rotatable bonds is 7. The van der Waals surface area contributed by atoms with Crippen LogP contribution in [0.4, 0.5) is 0 Å². The number of nitrogens with zero attached hydrogens (tertiary/aromatic N) is 2. The summed E-state index contributed by atoms with van der Waals surface area (Å²) in [5.74, 6) is 0.921. The van der Waals surface area contributed by atoms with Gasteiger partial charge in [0.15, 0.2) is 5.96 Å². The Balaban J connectivity index is 2.18. The molecular formula is C13H24N4S. The summed E-state index contributed by atoms with van der Waals surface area (Å²) in [5.41, 5.74) is 1.13. The highest BCUT2D eigenvalue weighted by atomic mass is 32.1. The van der Waals surface area contributed by atoms with Gasteiger partial charge in [0.2, 0.25) is 0 Å². The fourth-order valence-corrected chi connectivity index (χ4v) is 2.42. The zero-order valence-corrected chi connectivity index (χ0v) is 12.4. The molecule has 0 atom stereocenters. The monoisotopic (exact) mass is 268 g/mol. The maximum absolute atomic E-state index is 4.52. The molecule has 0 aliphatic rings. The first-order chi connectivity index (χ1) is 8.76. The summed E-state index contributed by atoms with van der Waals surface area (Å²) in [7, 11) is 0. The van der Waals surface area contributed by atoms with Gasteiger partial charge in [-0.25, -0.2) is 4.98 Å². The molecule has 1 aromatic rings. The van der Waals surface area contributed by atoms with Gasteiger partial charge >= 0.3 is 0 Å². The van der Waals surface area contributed by atoms with E-state index in [0.717, 1.165) is 50.6 Å². The molecule has 0 aliphatic heterocycles. The zero-order valence-electron chi connectivity index (χ0n) is 11.6. The smallest absolute Gasteiger partial charge is 0.191 e. The number of nitrogens with one attached hydrogen (secondary N) is 2. The van der Waals surface area contributed by atoms with Crippen molar-refractivity contribution in [2.24, 2.45) is 4.99 Å². The Hall–Kier alpha value is -1.10. The molecule has 0 unspecified atom stereocenters. The summed E-state index contributed by atoms with van der Waals surface area (Å²) in [6, 6.07) is 0. The molecule has 0 bridgehead atoms. The Bertz CT molecular complexity index is 352. The number of aliphatic imine (C=N–C) groups is 1. The molecule has 0 aromatic carbocycles. The lowest BCUT2D eigenvalue weighted by atomic mass is 10.2. The number of guanidine groups is 1. The summed E-state index contributed by atoms with van der Waals surface area (Å²) >= 11 is 1.76. The van der Waals surface area contributed by atoms with Crippen LogP contribution < -0.4 is 10.6 Å². The van der Waals surface area contributed by atoms with Gasteiger partial charge in [-0.15, -0.1) is 11.3 Å². The molecule has 0 aliphatic carbocycles. The van der Waals surface area contributed by atoms with Crippen LogP contribution in [-0.2, 0) is 6.42 Å². The highest BCUT2D eigenvalue weighted by Gasteiger charge is 1.98. The fraction of sp³-hybridized carbons (Fsp3) is 0.692. The van der Waals surface area contributed by atoms with Gasteiger partial charge in [0.25, 0.3) is 0 Å². The average Bonchev–Trinajstić information content (AvgIpc) is 2.75. The Kier molecular flexibility index (Phi) is 7.41. The van der Waals surface area contributed by atoms with Crippen molar-refractivity contribution in [3.63, 3.8) is 0 Å². The minimum atomic E-state index is 0.875. The maximum atomic E-state index is 4.52. The van der Waals surface area contributed by atoms with Gasteiger partial charge in [0, 0.05) is 30.7 Å². The van der Waals surface area contributed by atoms with Crippen LogP contribution in [0.1, 0.15) is 37.4 Å². The summed E-state index contributed by atoms with van der Waals surface area (Å²) in [5, 5.41) is 9.81. The van der Waals surface area contributed by atoms with Gasteiger partial charge in [-0.2, -0.15) is 0 Å². The van der Waals surface area contributed by atoms with Crippen molar-refractivity contribution < 1.29 is 0 Å². The van der Waals surface area contributed by atoms with E-state index < -0.39 is 0 Å². The van der Waals surface area contributed by atoms with Crippen LogP contribution in [0.15, 0.2) is 10.4 Å². The van der Waals surface area contributed by atoms with Crippen molar-refractivity contribution in [1.82, 2.24) is 15.6 Å². The lowest BCUT2D eigenvalue weighted by Crippen LogP contribution is -2.37. The predicted molar refractivity (Wildman–Crippen MR) is 79.4 cm³/mol. The van der Waals surface area contributed by atoms with Gasteiger partial charge in [-0.3, -0.25) is 4.99 Å². The molecule has 1 rings (SSSR count). The molecule has 2 N–H and O–H groups in total. The quantitative estimate of drug-likeness (QED) is 0.453. The normalized spacial score (nSPS) is 10.2. The van der Waals surface area contributed by atoms with Crippen molar-refractivity contribution in [2.45, 2.75) is 40.0 Å². The third-order valence-electron chi connectivity index (χ3n) is 2.42. The van der Waals surface area contributed by atoms with Crippen LogP contribution in [0, 0.1) is 6.92 Å². The van der Waals surface area contributed by atoms with E-state index in [0.29, 0.717) is 0 Å². The molecule has 0 radical (unpaired) electrons. The Morgan fingerprint density at radius 3 is 2.56 bits per heavy atom. The second-order valence-corrected chi connectivity index (χ2v) is 5.07. The first-order valence-electron chi connectivity index (χ1n) is 6.69. The van der Waals surface area contributed by atoms with Crippen molar-refractivity contribution in [1.29, 1.82) is 0 Å². The van der Waals surface area contributed by atoms with E-state index in [1.807, 2.05) is 6.92 Å². The zero-order chi connectivity index (χ0) is 13.2. The highest BCUT2D eigenvalue weighted by Crippen LogP contribution is 2.11. The molecule has 0 amide bonds. The molecule has 4 nitrogen and oxygen atoms in total. The Morgan fingerprint density at radius 1 is 1.28 bits per heavy atom. The molecule has 102 valence electrons. The predicted octanol–water partition coefficient (Wildman–Crippen LogP) is 2.35. The minimum Gasteiger partial charge on any atom is -0.357 e. The molecule has 0 saturated carbocycles. The fourth-order valence-electron chi connectivity index (χ4n) is 1.61. The summed E-state index contributed by atoms with van der Waals surface area (Å²) in [4.78, 5) is 8.98. The molecule has 18 heavy (non-hydrogen) atoms. The number of thiazole rings is 1. The van der Waals surface area contributed by atoms with Crippen LogP contribution in [-0.4, -0.2) is 30.6 Å². The van der Waals surface area contributed by atoms with E-state index in [2.05, 4.69) is 39.8 Å². The van der Waals surface area contributed by atoms with Gasteiger partial charge in [-0.05, 0) is 40.0 Å². The van der Waals surface area contributed by atoms with Crippen molar-refractivity contribution in [3.8, 4) is 0 Å². The molecule has 5 heteroatoms. The third-order valence-corrected chi connectivity index (χ3v) is 3.45. The highest BCUT2D eigenvalue weighted by molar-refractivity contribution is 7.09. The first kappa shape index (κ1) is 15.0. The van der Waals surface area contributed by atoms with Gasteiger partial charge < -0.3 is 10.6 Å². The van der Waals surface area contributed by atoms with Crippen LogP contribution in [0.3, 0.4) is 0 Å². The molecule has 0 saturated heterocycles. The Morgan fingerprint density at radius 2 is 2.00 bits per heavy atom. The third kappa shape index (κ3) is 6.00. The number of aryl methyl sites for hydroxylation is 2. The standard InChI is InChI=1S/C13H24N4S/c1-4-14-13(15-5-2)16-9-7-6-8-12-17-11(3)10-18-12/h10H,4-9H2,1-3H3,(H2,14,15,16). The van der Waals surface area contributed by atoms with E-state index in [1.54, 1.807) is 11.3 Å². The number of unbranched alkanes of at least 4 members (excludes halogenated alkanes) is 1. The summed E-state index contributed by atoms with van der Waals surface area (Å²) in [6.45, 7) is 8.90. The number of aromatic nitrogens is 1. The van der Waals surface area contributed by atoms with E-state index in [-0.39, 0.29) is 0 Å². The van der Waals surface area contributed by atoms with Crippen LogP contribution >= 0.6 is 11.3 Å². The molecular weight excluding hydrogens is 244 g/mol. The van der Waals surface area contributed by atoms with Crippen LogP contribution in [0.25, 0.3) is 0 Å². The lowest BCUT2D eigenvalue weighted by Gasteiger charge is -2.08.